The molecular weight excluding hydrogens is 396 g/mol. The van der Waals surface area contributed by atoms with Crippen molar-refractivity contribution in [2.75, 3.05) is 10.6 Å². The molecule has 2 heterocycles. The number of nitrogen functional groups attached to an aromatic ring is 1. The van der Waals surface area contributed by atoms with Crippen LogP contribution in [0.5, 0.6) is 0 Å². The van der Waals surface area contributed by atoms with Crippen molar-refractivity contribution in [1.82, 2.24) is 9.97 Å². The minimum absolute atomic E-state index is 0.0993. The highest BCUT2D eigenvalue weighted by Gasteiger charge is 2.20. The van der Waals surface area contributed by atoms with E-state index in [0.717, 1.165) is 33.3 Å². The van der Waals surface area contributed by atoms with Gasteiger partial charge in [0, 0.05) is 34.7 Å². The Morgan fingerprint density at radius 3 is 2.47 bits per heavy atom. The summed E-state index contributed by atoms with van der Waals surface area (Å²) in [5.41, 5.74) is 11.9. The van der Waals surface area contributed by atoms with Gasteiger partial charge in [-0.15, -0.1) is 0 Å². The predicted molar refractivity (Wildman–Crippen MR) is 129 cm³/mol. The number of carbonyl (C=O) groups excluding carboxylic acids is 1. The molecule has 0 saturated heterocycles. The molecule has 1 amide bonds. The van der Waals surface area contributed by atoms with E-state index in [1.807, 2.05) is 91.1 Å². The highest BCUT2D eigenvalue weighted by atomic mass is 16.2. The molecule has 3 N–H and O–H groups in total. The molecule has 0 aliphatic rings. The number of pyridine rings is 1. The number of para-hydroxylation sites is 1. The molecule has 5 heteroatoms. The summed E-state index contributed by atoms with van der Waals surface area (Å²) in [5, 5.41) is 1.01. The van der Waals surface area contributed by atoms with Gasteiger partial charge in [-0.3, -0.25) is 9.78 Å². The lowest BCUT2D eigenvalue weighted by Crippen LogP contribution is -2.30. The zero-order valence-electron chi connectivity index (χ0n) is 17.4. The van der Waals surface area contributed by atoms with Crippen LogP contribution in [0.3, 0.4) is 0 Å². The summed E-state index contributed by atoms with van der Waals surface area (Å²) in [5.74, 6) is -0.0993. The Kier molecular flexibility index (Phi) is 5.14. The highest BCUT2D eigenvalue weighted by molar-refractivity contribution is 6.07. The van der Waals surface area contributed by atoms with Crippen molar-refractivity contribution in [3.63, 3.8) is 0 Å². The van der Waals surface area contributed by atoms with E-state index in [4.69, 9.17) is 5.73 Å². The molecule has 32 heavy (non-hydrogen) atoms. The molecule has 156 valence electrons. The lowest BCUT2D eigenvalue weighted by atomic mass is 10.0. The van der Waals surface area contributed by atoms with E-state index < -0.39 is 0 Å². The molecule has 3 aromatic carbocycles. The van der Waals surface area contributed by atoms with Crippen LogP contribution < -0.4 is 10.6 Å². The van der Waals surface area contributed by atoms with E-state index in [1.165, 1.54) is 0 Å². The van der Waals surface area contributed by atoms with Crippen molar-refractivity contribution >= 4 is 28.2 Å². The maximum absolute atomic E-state index is 13.6. The molecule has 0 unspecified atom stereocenters. The molecule has 0 bridgehead atoms. The van der Waals surface area contributed by atoms with Gasteiger partial charge in [0.1, 0.15) is 5.69 Å². The van der Waals surface area contributed by atoms with Gasteiger partial charge in [0.05, 0.1) is 6.54 Å². The Balaban J connectivity index is 1.52. The fourth-order valence-electron chi connectivity index (χ4n) is 3.83. The van der Waals surface area contributed by atoms with E-state index in [0.29, 0.717) is 17.9 Å². The summed E-state index contributed by atoms with van der Waals surface area (Å²) >= 11 is 0. The van der Waals surface area contributed by atoms with Crippen LogP contribution in [0.2, 0.25) is 0 Å². The second-order valence-electron chi connectivity index (χ2n) is 7.70. The van der Waals surface area contributed by atoms with E-state index in [1.54, 1.807) is 11.1 Å². The number of aromatic amines is 1. The number of fused-ring (bicyclic) bond motifs is 1. The number of carbonyl (C=O) groups is 1. The largest absolute Gasteiger partial charge is 0.399 e. The standard InChI is InChI=1S/C27H22N4O/c28-23-10-12-24(13-11-23)31(27(32)26-16-21-6-1-2-9-25(21)30-26)18-19-5-3-7-20(15-19)22-8-4-14-29-17-22/h1-17,30H,18,28H2. The van der Waals surface area contributed by atoms with Gasteiger partial charge in [0.2, 0.25) is 0 Å². The molecule has 2 aromatic heterocycles. The second-order valence-corrected chi connectivity index (χ2v) is 7.70. The number of nitrogens with one attached hydrogen (secondary N) is 1. The molecule has 5 nitrogen and oxygen atoms in total. The molecule has 0 atom stereocenters. The summed E-state index contributed by atoms with van der Waals surface area (Å²) in [4.78, 5) is 22.9. The average Bonchev–Trinajstić information content (AvgIpc) is 3.28. The lowest BCUT2D eigenvalue weighted by Gasteiger charge is -2.23. The summed E-state index contributed by atoms with van der Waals surface area (Å²) in [6.07, 6.45) is 3.60. The minimum Gasteiger partial charge on any atom is -0.399 e. The van der Waals surface area contributed by atoms with Crippen molar-refractivity contribution in [1.29, 1.82) is 0 Å². The normalized spacial score (nSPS) is 10.9. The first-order valence-electron chi connectivity index (χ1n) is 10.4. The van der Waals surface area contributed by atoms with E-state index in [-0.39, 0.29) is 5.91 Å². The number of aromatic nitrogens is 2. The summed E-state index contributed by atoms with van der Waals surface area (Å²) < 4.78 is 0. The Morgan fingerprint density at radius 1 is 0.875 bits per heavy atom. The van der Waals surface area contributed by atoms with Crippen LogP contribution >= 0.6 is 0 Å². The van der Waals surface area contributed by atoms with Gasteiger partial charge in [0.25, 0.3) is 5.91 Å². The zero-order chi connectivity index (χ0) is 21.9. The second kappa shape index (κ2) is 8.40. The molecule has 5 aromatic rings. The Bertz CT molecular complexity index is 1340. The van der Waals surface area contributed by atoms with Gasteiger partial charge in [-0.05, 0) is 65.2 Å². The van der Waals surface area contributed by atoms with Gasteiger partial charge in [-0.25, -0.2) is 0 Å². The van der Waals surface area contributed by atoms with Crippen LogP contribution in [0.15, 0.2) is 103 Å². The summed E-state index contributed by atoms with van der Waals surface area (Å²) in [6, 6.07) is 29.3. The minimum atomic E-state index is -0.0993. The smallest absolute Gasteiger partial charge is 0.275 e. The van der Waals surface area contributed by atoms with E-state index >= 15 is 0 Å². The van der Waals surface area contributed by atoms with Crippen LogP contribution in [-0.4, -0.2) is 15.9 Å². The number of H-pyrrole nitrogens is 1. The van der Waals surface area contributed by atoms with Crippen LogP contribution in [-0.2, 0) is 6.54 Å². The number of nitrogens with zero attached hydrogens (tertiary/aromatic N) is 2. The van der Waals surface area contributed by atoms with Crippen LogP contribution in [0.1, 0.15) is 16.1 Å². The van der Waals surface area contributed by atoms with Crippen LogP contribution in [0, 0.1) is 0 Å². The van der Waals surface area contributed by atoms with Crippen molar-refractivity contribution in [2.45, 2.75) is 6.54 Å². The quantitative estimate of drug-likeness (QED) is 0.362. The van der Waals surface area contributed by atoms with Crippen molar-refractivity contribution < 1.29 is 4.79 Å². The summed E-state index contributed by atoms with van der Waals surface area (Å²) in [7, 11) is 0. The maximum Gasteiger partial charge on any atom is 0.275 e. The third kappa shape index (κ3) is 3.96. The Morgan fingerprint density at radius 2 is 1.69 bits per heavy atom. The first-order chi connectivity index (χ1) is 15.7. The predicted octanol–water partition coefficient (Wildman–Crippen LogP) is 5.66. The fraction of sp³-hybridized carbons (Fsp3) is 0.0370. The number of nitrogens with two attached hydrogens (primary N) is 1. The Labute approximate surface area is 186 Å². The lowest BCUT2D eigenvalue weighted by molar-refractivity contribution is 0.0981. The topological polar surface area (TPSA) is 75.0 Å². The van der Waals surface area contributed by atoms with Crippen molar-refractivity contribution in [2.24, 2.45) is 0 Å². The molecule has 0 saturated carbocycles. The number of hydrogen-bond acceptors (Lipinski definition) is 3. The Hall–Kier alpha value is -4.38. The van der Waals surface area contributed by atoms with E-state index in [9.17, 15) is 4.79 Å². The van der Waals surface area contributed by atoms with Gasteiger partial charge >= 0.3 is 0 Å². The molecule has 5 rings (SSSR count). The average molecular weight is 419 g/mol. The third-order valence-electron chi connectivity index (χ3n) is 5.47. The number of rotatable bonds is 5. The maximum atomic E-state index is 13.6. The van der Waals surface area contributed by atoms with E-state index in [2.05, 4.69) is 16.0 Å². The van der Waals surface area contributed by atoms with Crippen molar-refractivity contribution in [3.05, 3.63) is 115 Å². The molecular formula is C27H22N4O. The van der Waals surface area contributed by atoms with Crippen molar-refractivity contribution in [3.8, 4) is 11.1 Å². The van der Waals surface area contributed by atoms with Gasteiger partial charge in [-0.1, -0.05) is 42.5 Å². The number of anilines is 2. The van der Waals surface area contributed by atoms with Crippen LogP contribution in [0.4, 0.5) is 11.4 Å². The van der Waals surface area contributed by atoms with Gasteiger partial charge < -0.3 is 15.6 Å². The van der Waals surface area contributed by atoms with Crippen LogP contribution in [0.25, 0.3) is 22.0 Å². The molecule has 0 fully saturated rings. The number of hydrogen-bond donors (Lipinski definition) is 2. The molecule has 0 aliphatic heterocycles. The molecule has 0 aliphatic carbocycles. The van der Waals surface area contributed by atoms with Gasteiger partial charge in [0.15, 0.2) is 0 Å². The third-order valence-corrected chi connectivity index (χ3v) is 5.47. The first-order valence-corrected chi connectivity index (χ1v) is 10.4. The van der Waals surface area contributed by atoms with Gasteiger partial charge in [-0.2, -0.15) is 0 Å². The number of benzene rings is 3. The first kappa shape index (κ1) is 19.6. The number of amides is 1. The zero-order valence-corrected chi connectivity index (χ0v) is 17.4. The SMILES string of the molecule is Nc1ccc(N(Cc2cccc(-c3cccnc3)c2)C(=O)c2cc3ccccc3[nH]2)cc1. The summed E-state index contributed by atoms with van der Waals surface area (Å²) in [6.45, 7) is 0.423. The fourth-order valence-corrected chi connectivity index (χ4v) is 3.83. The monoisotopic (exact) mass is 418 g/mol. The molecule has 0 radical (unpaired) electrons. The molecule has 0 spiro atoms. The highest BCUT2D eigenvalue weighted by Crippen LogP contribution is 2.25.